The minimum absolute atomic E-state index is 0.0892. The Hall–Kier alpha value is -2.18. The zero-order valence-corrected chi connectivity index (χ0v) is 11.6. The predicted molar refractivity (Wildman–Crippen MR) is 79.1 cm³/mol. The zero-order valence-electron chi connectivity index (χ0n) is 10.0. The lowest BCUT2D eigenvalue weighted by Crippen LogP contribution is -2.00. The number of hydrogen-bond acceptors (Lipinski definition) is 5. The average molecular weight is 306 g/mol. The van der Waals surface area contributed by atoms with Crippen molar-refractivity contribution < 1.29 is 9.90 Å². The molecule has 0 fully saturated rings. The van der Waals surface area contributed by atoms with Crippen molar-refractivity contribution in [3.8, 4) is 0 Å². The molecule has 2 aromatic heterocycles. The van der Waals surface area contributed by atoms with E-state index < -0.39 is 5.97 Å². The third kappa shape index (κ3) is 2.56. The van der Waals surface area contributed by atoms with Crippen molar-refractivity contribution in [2.24, 2.45) is 0 Å². The summed E-state index contributed by atoms with van der Waals surface area (Å²) in [5.41, 5.74) is 3.58. The van der Waals surface area contributed by atoms with E-state index in [4.69, 9.17) is 16.7 Å². The van der Waals surface area contributed by atoms with Gasteiger partial charge in [0.05, 0.1) is 21.3 Å². The van der Waals surface area contributed by atoms with Gasteiger partial charge < -0.3 is 10.4 Å². The molecule has 3 rings (SSSR count). The zero-order chi connectivity index (χ0) is 14.1. The number of carboxylic acid groups (broad SMARTS) is 1. The molecule has 3 aromatic rings. The Morgan fingerprint density at radius 3 is 2.95 bits per heavy atom. The van der Waals surface area contributed by atoms with Gasteiger partial charge in [-0.1, -0.05) is 11.6 Å². The maximum absolute atomic E-state index is 11.0. The number of fused-ring (bicyclic) bond motifs is 1. The van der Waals surface area contributed by atoms with Gasteiger partial charge in [-0.05, 0) is 30.3 Å². The second kappa shape index (κ2) is 5.07. The molecule has 100 valence electrons. The largest absolute Gasteiger partial charge is 0.478 e. The summed E-state index contributed by atoms with van der Waals surface area (Å²) < 4.78 is 1.04. The number of benzene rings is 1. The molecule has 2 heterocycles. The smallest absolute Gasteiger partial charge is 0.335 e. The molecule has 0 radical (unpaired) electrons. The molecule has 0 aliphatic carbocycles. The van der Waals surface area contributed by atoms with E-state index in [9.17, 15) is 4.79 Å². The van der Waals surface area contributed by atoms with Crippen molar-refractivity contribution in [3.63, 3.8) is 0 Å². The summed E-state index contributed by atoms with van der Waals surface area (Å²) in [5, 5.41) is 12.2. The van der Waals surface area contributed by atoms with Crippen molar-refractivity contribution in [2.45, 2.75) is 0 Å². The maximum atomic E-state index is 11.0. The number of carbonyl (C=O) groups is 1. The van der Waals surface area contributed by atoms with E-state index >= 15 is 0 Å². The molecular weight excluding hydrogens is 298 g/mol. The molecule has 0 spiro atoms. The Kier molecular flexibility index (Phi) is 3.25. The van der Waals surface area contributed by atoms with Gasteiger partial charge in [-0.15, -0.1) is 11.3 Å². The predicted octanol–water partition coefficient (Wildman–Crippen LogP) is 3.79. The number of nitrogens with zero attached hydrogens (tertiary/aromatic N) is 2. The number of thiazole rings is 1. The Balaban J connectivity index is 1.95. The fourth-order valence-corrected chi connectivity index (χ4v) is 2.69. The number of halogens is 1. The third-order valence-corrected chi connectivity index (χ3v) is 3.63. The van der Waals surface area contributed by atoms with Crippen LogP contribution in [0, 0.1) is 0 Å². The summed E-state index contributed by atoms with van der Waals surface area (Å²) in [6.07, 6.45) is 0. The number of anilines is 2. The minimum atomic E-state index is -1.05. The van der Waals surface area contributed by atoms with E-state index in [1.165, 1.54) is 23.5 Å². The number of aromatic nitrogens is 2. The summed E-state index contributed by atoms with van der Waals surface area (Å²) in [5.74, 6) is -0.658. The van der Waals surface area contributed by atoms with Crippen LogP contribution >= 0.6 is 22.9 Å². The van der Waals surface area contributed by atoms with E-state index in [0.717, 1.165) is 15.9 Å². The fraction of sp³-hybridized carbons (Fsp3) is 0. The van der Waals surface area contributed by atoms with Gasteiger partial charge in [-0.2, -0.15) is 0 Å². The highest BCUT2D eigenvalue weighted by atomic mass is 35.5. The highest BCUT2D eigenvalue weighted by Gasteiger charge is 2.08. The molecule has 0 atom stereocenters. The van der Waals surface area contributed by atoms with Gasteiger partial charge in [-0.25, -0.2) is 14.8 Å². The molecular formula is C13H8ClN3O2S. The van der Waals surface area contributed by atoms with Gasteiger partial charge in [0.2, 0.25) is 0 Å². The molecule has 0 aliphatic heterocycles. The summed E-state index contributed by atoms with van der Waals surface area (Å²) in [6.45, 7) is 0. The van der Waals surface area contributed by atoms with Gasteiger partial charge in [0, 0.05) is 5.69 Å². The van der Waals surface area contributed by atoms with E-state index in [0.29, 0.717) is 5.82 Å². The fourth-order valence-electron chi connectivity index (χ4n) is 1.77. The third-order valence-electron chi connectivity index (χ3n) is 2.64. The van der Waals surface area contributed by atoms with Crippen molar-refractivity contribution in [1.82, 2.24) is 9.97 Å². The normalized spacial score (nSPS) is 10.7. The molecule has 2 N–H and O–H groups in total. The lowest BCUT2D eigenvalue weighted by molar-refractivity contribution is 0.0697. The molecule has 1 aromatic carbocycles. The number of rotatable bonds is 3. The number of pyridine rings is 1. The first-order chi connectivity index (χ1) is 9.61. The molecule has 0 amide bonds. The first kappa shape index (κ1) is 12.8. The van der Waals surface area contributed by atoms with Crippen LogP contribution in [0.5, 0.6) is 0 Å². The Labute approximate surface area is 122 Å². The number of hydrogen-bond donors (Lipinski definition) is 2. The average Bonchev–Trinajstić information content (AvgIpc) is 2.85. The molecule has 0 saturated heterocycles. The first-order valence-electron chi connectivity index (χ1n) is 5.63. The van der Waals surface area contributed by atoms with Crippen molar-refractivity contribution >= 4 is 50.6 Å². The van der Waals surface area contributed by atoms with Crippen LogP contribution in [-0.2, 0) is 0 Å². The highest BCUT2D eigenvalue weighted by Crippen LogP contribution is 2.24. The number of nitrogens with one attached hydrogen (secondary N) is 1. The molecule has 20 heavy (non-hydrogen) atoms. The number of carboxylic acids is 1. The van der Waals surface area contributed by atoms with Gasteiger partial charge in [0.15, 0.2) is 0 Å². The lowest BCUT2D eigenvalue weighted by atomic mass is 10.2. The minimum Gasteiger partial charge on any atom is -0.478 e. The summed E-state index contributed by atoms with van der Waals surface area (Å²) in [4.78, 5) is 19.2. The van der Waals surface area contributed by atoms with Gasteiger partial charge in [0.1, 0.15) is 11.0 Å². The summed E-state index contributed by atoms with van der Waals surface area (Å²) >= 11 is 7.35. The molecule has 0 unspecified atom stereocenters. The number of aromatic carboxylic acids is 1. The van der Waals surface area contributed by atoms with Crippen LogP contribution in [-0.4, -0.2) is 21.0 Å². The lowest BCUT2D eigenvalue weighted by Gasteiger charge is -2.07. The van der Waals surface area contributed by atoms with Crippen LogP contribution < -0.4 is 5.32 Å². The second-order valence-corrected chi connectivity index (χ2v) is 5.30. The second-order valence-electron chi connectivity index (χ2n) is 4.03. The van der Waals surface area contributed by atoms with E-state index in [-0.39, 0.29) is 10.7 Å². The molecule has 0 saturated carbocycles. The Bertz CT molecular complexity index is 803. The van der Waals surface area contributed by atoms with Crippen LogP contribution in [0.1, 0.15) is 10.4 Å². The first-order valence-corrected chi connectivity index (χ1v) is 6.89. The standard InChI is InChI=1S/C13H8ClN3O2S/c14-11-3-7(13(18)19)4-12(17-11)16-8-1-2-9-10(5-8)20-6-15-9/h1-6H,(H,16,17)(H,18,19). The van der Waals surface area contributed by atoms with E-state index in [2.05, 4.69) is 15.3 Å². The molecule has 0 aliphatic rings. The SMILES string of the molecule is O=C(O)c1cc(Cl)nc(Nc2ccc3ncsc3c2)c1. The van der Waals surface area contributed by atoms with Crippen molar-refractivity contribution in [2.75, 3.05) is 5.32 Å². The quantitative estimate of drug-likeness (QED) is 0.720. The Morgan fingerprint density at radius 1 is 1.30 bits per heavy atom. The van der Waals surface area contributed by atoms with Crippen molar-refractivity contribution in [3.05, 3.63) is 46.6 Å². The highest BCUT2D eigenvalue weighted by molar-refractivity contribution is 7.16. The van der Waals surface area contributed by atoms with Crippen LogP contribution in [0.2, 0.25) is 5.15 Å². The van der Waals surface area contributed by atoms with E-state index in [1.54, 1.807) is 5.51 Å². The molecule has 5 nitrogen and oxygen atoms in total. The summed E-state index contributed by atoms with van der Waals surface area (Å²) in [6, 6.07) is 8.41. The van der Waals surface area contributed by atoms with Crippen LogP contribution in [0.3, 0.4) is 0 Å². The van der Waals surface area contributed by atoms with Gasteiger partial charge in [0.25, 0.3) is 0 Å². The van der Waals surface area contributed by atoms with Gasteiger partial charge in [-0.3, -0.25) is 0 Å². The van der Waals surface area contributed by atoms with E-state index in [1.807, 2.05) is 18.2 Å². The topological polar surface area (TPSA) is 75.1 Å². The van der Waals surface area contributed by atoms with Crippen LogP contribution in [0.4, 0.5) is 11.5 Å². The van der Waals surface area contributed by atoms with Gasteiger partial charge >= 0.3 is 5.97 Å². The Morgan fingerprint density at radius 2 is 2.15 bits per heavy atom. The van der Waals surface area contributed by atoms with Crippen LogP contribution in [0.25, 0.3) is 10.2 Å². The van der Waals surface area contributed by atoms with Crippen molar-refractivity contribution in [1.29, 1.82) is 0 Å². The molecule has 7 heteroatoms. The monoisotopic (exact) mass is 305 g/mol. The molecule has 0 bridgehead atoms. The summed E-state index contributed by atoms with van der Waals surface area (Å²) in [7, 11) is 0. The van der Waals surface area contributed by atoms with Crippen LogP contribution in [0.15, 0.2) is 35.8 Å². The maximum Gasteiger partial charge on any atom is 0.335 e.